The minimum atomic E-state index is -0.195. The molecule has 1 aromatic rings. The van der Waals surface area contributed by atoms with Crippen LogP contribution in [-0.4, -0.2) is 0 Å². The van der Waals surface area contributed by atoms with E-state index in [0.29, 0.717) is 5.92 Å². The maximum Gasteiger partial charge on any atom is 0.149 e. The molecule has 2 rings (SSSR count). The Hall–Kier alpha value is -1.05. The van der Waals surface area contributed by atoms with Crippen LogP contribution in [0.15, 0.2) is 18.2 Å². The Balaban J connectivity index is 2.26. The van der Waals surface area contributed by atoms with E-state index in [9.17, 15) is 4.39 Å². The van der Waals surface area contributed by atoms with Crippen LogP contribution in [0.2, 0.25) is 0 Å². The van der Waals surface area contributed by atoms with Gasteiger partial charge in [-0.1, -0.05) is 31.4 Å². The largest absolute Gasteiger partial charge is 0.396 e. The van der Waals surface area contributed by atoms with Crippen LogP contribution < -0.4 is 5.73 Å². The molecule has 0 unspecified atom stereocenters. The lowest BCUT2D eigenvalue weighted by Gasteiger charge is -2.22. The molecule has 1 aromatic carbocycles. The molecule has 1 aliphatic rings. The molecular formula is C12H16FN. The van der Waals surface area contributed by atoms with Crippen molar-refractivity contribution in [3.8, 4) is 0 Å². The van der Waals surface area contributed by atoms with Gasteiger partial charge in [0.2, 0.25) is 0 Å². The summed E-state index contributed by atoms with van der Waals surface area (Å²) in [7, 11) is 0. The van der Waals surface area contributed by atoms with Crippen molar-refractivity contribution in [1.29, 1.82) is 0 Å². The monoisotopic (exact) mass is 193 g/mol. The van der Waals surface area contributed by atoms with Gasteiger partial charge in [-0.15, -0.1) is 0 Å². The zero-order valence-corrected chi connectivity index (χ0v) is 8.30. The summed E-state index contributed by atoms with van der Waals surface area (Å²) in [5.74, 6) is 0.201. The van der Waals surface area contributed by atoms with Gasteiger partial charge in [-0.2, -0.15) is 0 Å². The van der Waals surface area contributed by atoms with Gasteiger partial charge in [0.1, 0.15) is 5.82 Å². The number of nitrogen functional groups attached to an aromatic ring is 1. The zero-order chi connectivity index (χ0) is 9.97. The Bertz CT molecular complexity index is 316. The Morgan fingerprint density at radius 3 is 2.57 bits per heavy atom. The summed E-state index contributed by atoms with van der Waals surface area (Å²) in [6, 6.07) is 5.35. The summed E-state index contributed by atoms with van der Waals surface area (Å²) >= 11 is 0. The summed E-state index contributed by atoms with van der Waals surface area (Å²) < 4.78 is 13.7. The average Bonchev–Trinajstić information content (AvgIpc) is 2.23. The normalized spacial score (nSPS) is 18.4. The molecule has 1 aliphatic carbocycles. The fourth-order valence-electron chi connectivity index (χ4n) is 2.30. The summed E-state index contributed by atoms with van der Waals surface area (Å²) in [4.78, 5) is 0. The van der Waals surface area contributed by atoms with E-state index in [4.69, 9.17) is 5.73 Å². The van der Waals surface area contributed by atoms with Crippen molar-refractivity contribution in [2.75, 3.05) is 5.73 Å². The first-order valence-electron chi connectivity index (χ1n) is 5.33. The topological polar surface area (TPSA) is 26.0 Å². The van der Waals surface area contributed by atoms with Crippen molar-refractivity contribution >= 4 is 5.69 Å². The molecule has 0 amide bonds. The van der Waals surface area contributed by atoms with Crippen LogP contribution in [0.4, 0.5) is 10.1 Å². The van der Waals surface area contributed by atoms with Crippen molar-refractivity contribution in [3.63, 3.8) is 0 Å². The van der Waals surface area contributed by atoms with Gasteiger partial charge < -0.3 is 5.73 Å². The Kier molecular flexibility index (Phi) is 2.71. The molecule has 0 spiro atoms. The number of benzene rings is 1. The van der Waals surface area contributed by atoms with Crippen LogP contribution in [0.1, 0.15) is 43.6 Å². The molecule has 1 fully saturated rings. The molecule has 2 N–H and O–H groups in total. The lowest BCUT2D eigenvalue weighted by molar-refractivity contribution is 0.430. The van der Waals surface area contributed by atoms with Crippen molar-refractivity contribution in [2.24, 2.45) is 0 Å². The summed E-state index contributed by atoms with van der Waals surface area (Å²) in [6.45, 7) is 0. The molecule has 1 saturated carbocycles. The average molecular weight is 193 g/mol. The molecule has 0 aromatic heterocycles. The molecule has 0 heterocycles. The van der Waals surface area contributed by atoms with Gasteiger partial charge in [0.05, 0.1) is 5.69 Å². The number of halogens is 1. The van der Waals surface area contributed by atoms with E-state index in [1.165, 1.54) is 19.3 Å². The lowest BCUT2D eigenvalue weighted by Crippen LogP contribution is -2.07. The molecule has 0 radical (unpaired) electrons. The van der Waals surface area contributed by atoms with Crippen LogP contribution in [0.5, 0.6) is 0 Å². The molecule has 1 nitrogen and oxygen atoms in total. The maximum atomic E-state index is 13.7. The minimum absolute atomic E-state index is 0.195. The Morgan fingerprint density at radius 2 is 1.86 bits per heavy atom. The maximum absolute atomic E-state index is 13.7. The highest BCUT2D eigenvalue weighted by molar-refractivity contribution is 5.44. The van der Waals surface area contributed by atoms with Gasteiger partial charge in [0.25, 0.3) is 0 Å². The molecule has 2 heteroatoms. The minimum Gasteiger partial charge on any atom is -0.396 e. The van der Waals surface area contributed by atoms with E-state index >= 15 is 0 Å². The van der Waals surface area contributed by atoms with Crippen LogP contribution in [0.3, 0.4) is 0 Å². The summed E-state index contributed by atoms with van der Waals surface area (Å²) in [6.07, 6.45) is 5.96. The van der Waals surface area contributed by atoms with Crippen molar-refractivity contribution < 1.29 is 4.39 Å². The van der Waals surface area contributed by atoms with Crippen molar-refractivity contribution in [2.45, 2.75) is 38.0 Å². The third kappa shape index (κ3) is 1.74. The van der Waals surface area contributed by atoms with Crippen LogP contribution in [-0.2, 0) is 0 Å². The second-order valence-electron chi connectivity index (χ2n) is 4.09. The van der Waals surface area contributed by atoms with Crippen molar-refractivity contribution in [3.05, 3.63) is 29.6 Å². The molecule has 0 bridgehead atoms. The highest BCUT2D eigenvalue weighted by Crippen LogP contribution is 2.34. The molecule has 76 valence electrons. The van der Waals surface area contributed by atoms with E-state index < -0.39 is 0 Å². The quantitative estimate of drug-likeness (QED) is 0.679. The SMILES string of the molecule is Nc1cccc(C2CCCCC2)c1F. The molecule has 14 heavy (non-hydrogen) atoms. The predicted octanol–water partition coefficient (Wildman–Crippen LogP) is 3.46. The summed E-state index contributed by atoms with van der Waals surface area (Å²) in [5.41, 5.74) is 6.66. The second-order valence-corrected chi connectivity index (χ2v) is 4.09. The van der Waals surface area contributed by atoms with Crippen molar-refractivity contribution in [1.82, 2.24) is 0 Å². The van der Waals surface area contributed by atoms with Gasteiger partial charge in [-0.05, 0) is 30.4 Å². The third-order valence-corrected chi connectivity index (χ3v) is 3.10. The van der Waals surface area contributed by atoms with E-state index in [0.717, 1.165) is 18.4 Å². The fraction of sp³-hybridized carbons (Fsp3) is 0.500. The van der Waals surface area contributed by atoms with Gasteiger partial charge in [-0.3, -0.25) is 0 Å². The van der Waals surface area contributed by atoms with E-state index in [-0.39, 0.29) is 11.5 Å². The van der Waals surface area contributed by atoms with E-state index in [1.54, 1.807) is 6.07 Å². The Morgan fingerprint density at radius 1 is 1.14 bits per heavy atom. The lowest BCUT2D eigenvalue weighted by atomic mass is 9.84. The first-order chi connectivity index (χ1) is 6.79. The molecule has 0 atom stereocenters. The highest BCUT2D eigenvalue weighted by Gasteiger charge is 2.19. The second kappa shape index (κ2) is 3.99. The summed E-state index contributed by atoms with van der Waals surface area (Å²) in [5, 5.41) is 0. The van der Waals surface area contributed by atoms with E-state index in [2.05, 4.69) is 0 Å². The molecule has 0 aliphatic heterocycles. The standard InChI is InChI=1S/C12H16FN/c13-12-10(7-4-8-11(12)14)9-5-2-1-3-6-9/h4,7-9H,1-3,5-6,14H2. The smallest absolute Gasteiger partial charge is 0.149 e. The fourth-order valence-corrected chi connectivity index (χ4v) is 2.30. The number of nitrogens with two attached hydrogens (primary N) is 1. The first kappa shape index (κ1) is 9.50. The first-order valence-corrected chi connectivity index (χ1v) is 5.33. The van der Waals surface area contributed by atoms with Crippen LogP contribution in [0.25, 0.3) is 0 Å². The number of anilines is 1. The van der Waals surface area contributed by atoms with E-state index in [1.807, 2.05) is 12.1 Å². The number of rotatable bonds is 1. The predicted molar refractivity (Wildman–Crippen MR) is 56.6 cm³/mol. The Labute approximate surface area is 84.1 Å². The van der Waals surface area contributed by atoms with Gasteiger partial charge in [0.15, 0.2) is 0 Å². The molecule has 0 saturated heterocycles. The zero-order valence-electron chi connectivity index (χ0n) is 8.30. The van der Waals surface area contributed by atoms with Crippen LogP contribution in [0, 0.1) is 5.82 Å². The number of hydrogen-bond acceptors (Lipinski definition) is 1. The number of hydrogen-bond donors (Lipinski definition) is 1. The third-order valence-electron chi connectivity index (χ3n) is 3.10. The van der Waals surface area contributed by atoms with Gasteiger partial charge in [0, 0.05) is 0 Å². The van der Waals surface area contributed by atoms with Gasteiger partial charge >= 0.3 is 0 Å². The van der Waals surface area contributed by atoms with Crippen LogP contribution >= 0.6 is 0 Å². The molecular weight excluding hydrogens is 177 g/mol. The highest BCUT2D eigenvalue weighted by atomic mass is 19.1. The van der Waals surface area contributed by atoms with Gasteiger partial charge in [-0.25, -0.2) is 4.39 Å².